The molecular formula is C39H37N5O8S. The Morgan fingerprint density at radius 1 is 1.09 bits per heavy atom. The fourth-order valence-corrected chi connectivity index (χ4v) is 12.0. The van der Waals surface area contributed by atoms with Gasteiger partial charge < -0.3 is 29.0 Å². The highest BCUT2D eigenvalue weighted by Crippen LogP contribution is 2.62. The Kier molecular flexibility index (Phi) is 7.03. The minimum Gasteiger partial charge on any atom is -0.507 e. The number of methoxy groups -OCH3 is 1. The summed E-state index contributed by atoms with van der Waals surface area (Å²) in [6.07, 6.45) is 0.903. The van der Waals surface area contributed by atoms with Crippen LogP contribution in [-0.2, 0) is 35.8 Å². The van der Waals surface area contributed by atoms with Crippen molar-refractivity contribution < 1.29 is 38.4 Å². The third kappa shape index (κ3) is 4.05. The first-order chi connectivity index (χ1) is 25.6. The summed E-state index contributed by atoms with van der Waals surface area (Å²) < 4.78 is 24.0. The number of Topliss-reactive ketones (excluding diaryl/α,β-unsaturated/α-hetero) is 2. The largest absolute Gasteiger partial charge is 0.507 e. The number of para-hydroxylation sites is 1. The predicted octanol–water partition coefficient (Wildman–Crippen LogP) is 3.36. The number of carbonyl (C=O) groups excluding carboxylic acids is 3. The van der Waals surface area contributed by atoms with Crippen molar-refractivity contribution in [1.82, 2.24) is 20.1 Å². The van der Waals surface area contributed by atoms with Crippen molar-refractivity contribution >= 4 is 40.2 Å². The molecule has 7 aliphatic heterocycles. The second-order valence-corrected chi connectivity index (χ2v) is 16.0. The molecule has 53 heavy (non-hydrogen) atoms. The van der Waals surface area contributed by atoms with Crippen molar-refractivity contribution in [2.24, 2.45) is 0 Å². The molecule has 2 fully saturated rings. The molecule has 8 aliphatic rings. The first-order valence-electron chi connectivity index (χ1n) is 17.9. The maximum Gasteiger partial charge on any atom is 0.333 e. The van der Waals surface area contributed by atoms with Gasteiger partial charge in [-0.15, -0.1) is 11.8 Å². The molecule has 11 rings (SSSR count). The average Bonchev–Trinajstić information content (AvgIpc) is 3.80. The van der Waals surface area contributed by atoms with E-state index in [0.29, 0.717) is 52.3 Å². The van der Waals surface area contributed by atoms with Crippen molar-refractivity contribution in [3.8, 4) is 23.3 Å². The number of esters is 1. The quantitative estimate of drug-likeness (QED) is 0.246. The minimum atomic E-state index is -1.27. The van der Waals surface area contributed by atoms with Crippen LogP contribution in [0.5, 0.6) is 17.2 Å². The molecule has 1 spiro atoms. The second-order valence-electron chi connectivity index (χ2n) is 14.9. The number of aromatic hydroxyl groups is 1. The molecule has 2 saturated heterocycles. The SMILES string of the molecule is COC1=C(C)C(=O)C2=C(C1=O)C1C3[C@@H]4SC[C@]5(NCCc6c5[nH]c5ccccc65)C(=O)OC[C@@H](c5c6c(c(C)c(O)c54)OCO6)N3[C@@H](C#N)C(C2)N1C. The van der Waals surface area contributed by atoms with Crippen LogP contribution in [-0.4, -0.2) is 101 Å². The zero-order chi connectivity index (χ0) is 36.7. The predicted molar refractivity (Wildman–Crippen MR) is 191 cm³/mol. The van der Waals surface area contributed by atoms with E-state index in [1.54, 1.807) is 13.8 Å². The number of thioether (sulfide) groups is 1. The molecule has 14 heteroatoms. The topological polar surface area (TPSA) is 166 Å². The number of phenols is 1. The van der Waals surface area contributed by atoms with E-state index >= 15 is 0 Å². The Hall–Kier alpha value is -4.81. The standard InChI is InChI=1S/C39H37N5O8S/c1-16-30(45)20-11-22-23(12-40)44-24-13-50-38(48)39(37-19(9-10-41-39)18-7-5-6-8-21(18)42-37)14-53-36(27-26(24)35-34(51-15-52-35)17(2)31(27)46)29(44)28(43(22)3)25(20)32(47)33(16)49-4/h5-8,22-24,28-29,36,41-42,46H,9-11,13-15H2,1-4H3/t22?,23-,24-,28?,29?,36+,39+/m0/s1. The number of piperazine rings is 1. The third-order valence-corrected chi connectivity index (χ3v) is 14.2. The molecule has 1 aromatic heterocycles. The highest BCUT2D eigenvalue weighted by molar-refractivity contribution is 7.99. The summed E-state index contributed by atoms with van der Waals surface area (Å²) in [5.74, 6) is 0.0448. The third-order valence-electron chi connectivity index (χ3n) is 12.7. The van der Waals surface area contributed by atoms with Gasteiger partial charge in [0.15, 0.2) is 28.6 Å². The molecule has 4 bridgehead atoms. The number of aromatic amines is 1. The van der Waals surface area contributed by atoms with Gasteiger partial charge >= 0.3 is 5.97 Å². The van der Waals surface area contributed by atoms with Gasteiger partial charge in [0.1, 0.15) is 18.4 Å². The number of allylic oxidation sites excluding steroid dienone is 2. The van der Waals surface area contributed by atoms with Crippen LogP contribution in [0.4, 0.5) is 0 Å². The Balaban J connectivity index is 1.22. The maximum absolute atomic E-state index is 14.7. The Labute approximate surface area is 308 Å². The van der Waals surface area contributed by atoms with Gasteiger partial charge in [0, 0.05) is 68.7 Å². The van der Waals surface area contributed by atoms with Crippen LogP contribution in [0.1, 0.15) is 52.6 Å². The normalized spacial score (nSPS) is 31.9. The number of benzene rings is 2. The number of likely N-dealkylation sites (N-methyl/N-ethyl adjacent to an activating group) is 1. The fourth-order valence-electron chi connectivity index (χ4n) is 10.3. The number of hydrogen-bond donors (Lipinski definition) is 3. The van der Waals surface area contributed by atoms with Gasteiger partial charge in [-0.3, -0.25) is 24.7 Å². The van der Waals surface area contributed by atoms with Crippen molar-refractivity contribution in [1.29, 1.82) is 5.26 Å². The minimum absolute atomic E-state index is 0.0142. The van der Waals surface area contributed by atoms with E-state index in [2.05, 4.69) is 32.2 Å². The number of nitriles is 1. The summed E-state index contributed by atoms with van der Waals surface area (Å²) in [7, 11) is 3.30. The number of nitrogens with one attached hydrogen (secondary N) is 2. The van der Waals surface area contributed by atoms with Crippen LogP contribution in [0.15, 0.2) is 46.7 Å². The number of aromatic nitrogens is 1. The lowest BCUT2D eigenvalue weighted by atomic mass is 9.68. The van der Waals surface area contributed by atoms with E-state index in [4.69, 9.17) is 18.9 Å². The van der Waals surface area contributed by atoms with Crippen molar-refractivity contribution in [3.63, 3.8) is 0 Å². The van der Waals surface area contributed by atoms with E-state index in [-0.39, 0.29) is 54.2 Å². The van der Waals surface area contributed by atoms with E-state index in [0.717, 1.165) is 22.2 Å². The molecule has 3 aromatic rings. The van der Waals surface area contributed by atoms with Crippen LogP contribution < -0.4 is 14.8 Å². The molecule has 3 N–H and O–H groups in total. The monoisotopic (exact) mass is 735 g/mol. The Morgan fingerprint density at radius 2 is 1.89 bits per heavy atom. The molecule has 272 valence electrons. The molecule has 1 aliphatic carbocycles. The number of carbonyl (C=O) groups is 3. The highest BCUT2D eigenvalue weighted by Gasteiger charge is 2.63. The fraction of sp³-hybridized carbons (Fsp3) is 0.436. The zero-order valence-corrected chi connectivity index (χ0v) is 30.4. The van der Waals surface area contributed by atoms with E-state index < -0.39 is 47.0 Å². The van der Waals surface area contributed by atoms with Gasteiger partial charge in [0.05, 0.1) is 36.2 Å². The lowest BCUT2D eigenvalue weighted by Crippen LogP contribution is -2.73. The molecule has 13 nitrogen and oxygen atoms in total. The molecule has 2 aromatic carbocycles. The van der Waals surface area contributed by atoms with Gasteiger partial charge in [-0.05, 0) is 45.4 Å². The van der Waals surface area contributed by atoms with E-state index in [1.807, 2.05) is 25.2 Å². The van der Waals surface area contributed by atoms with Gasteiger partial charge in [0.25, 0.3) is 0 Å². The number of fused-ring (bicyclic) bond motifs is 10. The number of phenolic OH excluding ortho intramolecular Hbond substituents is 1. The second kappa shape index (κ2) is 11.3. The summed E-state index contributed by atoms with van der Waals surface area (Å²) in [4.78, 5) is 50.8. The number of H-pyrrole nitrogens is 1. The maximum atomic E-state index is 14.7. The van der Waals surface area contributed by atoms with Crippen molar-refractivity contribution in [2.75, 3.05) is 39.9 Å². The molecule has 7 atom stereocenters. The molecule has 0 saturated carbocycles. The molecule has 0 amide bonds. The number of nitrogens with zero attached hydrogens (tertiary/aromatic N) is 3. The smallest absolute Gasteiger partial charge is 0.333 e. The van der Waals surface area contributed by atoms with Crippen LogP contribution in [0, 0.1) is 18.3 Å². The molecule has 3 unspecified atom stereocenters. The average molecular weight is 736 g/mol. The highest BCUT2D eigenvalue weighted by atomic mass is 32.2. The number of hydrogen-bond acceptors (Lipinski definition) is 13. The molecule has 8 heterocycles. The zero-order valence-electron chi connectivity index (χ0n) is 29.6. The Bertz CT molecular complexity index is 2320. The van der Waals surface area contributed by atoms with Gasteiger partial charge in [-0.1, -0.05) is 18.2 Å². The molecule has 0 radical (unpaired) electrons. The van der Waals surface area contributed by atoms with E-state index in [1.165, 1.54) is 18.9 Å². The Morgan fingerprint density at radius 3 is 2.68 bits per heavy atom. The first kappa shape index (κ1) is 32.8. The van der Waals surface area contributed by atoms with Crippen molar-refractivity contribution in [3.05, 3.63) is 74.7 Å². The van der Waals surface area contributed by atoms with Crippen LogP contribution >= 0.6 is 11.8 Å². The van der Waals surface area contributed by atoms with Crippen LogP contribution in [0.25, 0.3) is 10.9 Å². The van der Waals surface area contributed by atoms with Gasteiger partial charge in [0.2, 0.25) is 12.6 Å². The van der Waals surface area contributed by atoms with Crippen LogP contribution in [0.3, 0.4) is 0 Å². The number of ketones is 2. The first-order valence-corrected chi connectivity index (χ1v) is 18.9. The summed E-state index contributed by atoms with van der Waals surface area (Å²) in [5, 5.41) is 27.2. The molecular weight excluding hydrogens is 699 g/mol. The van der Waals surface area contributed by atoms with Gasteiger partial charge in [-0.2, -0.15) is 5.26 Å². The lowest BCUT2D eigenvalue weighted by molar-refractivity contribution is -0.157. The summed E-state index contributed by atoms with van der Waals surface area (Å²) in [6.45, 7) is 3.71. The van der Waals surface area contributed by atoms with Gasteiger partial charge in [-0.25, -0.2) is 4.79 Å². The van der Waals surface area contributed by atoms with Crippen molar-refractivity contribution in [2.45, 2.75) is 67.7 Å². The lowest BCUT2D eigenvalue weighted by Gasteiger charge is -2.62. The number of ether oxygens (including phenoxy) is 4. The summed E-state index contributed by atoms with van der Waals surface area (Å²) in [6, 6.07) is 7.24. The van der Waals surface area contributed by atoms with E-state index in [9.17, 15) is 24.8 Å². The number of rotatable bonds is 1. The van der Waals surface area contributed by atoms with Crippen LogP contribution in [0.2, 0.25) is 0 Å². The summed E-state index contributed by atoms with van der Waals surface area (Å²) >= 11 is 1.47. The summed E-state index contributed by atoms with van der Waals surface area (Å²) in [5.41, 5.74) is 4.18.